The van der Waals surface area contributed by atoms with Gasteiger partial charge in [-0.3, -0.25) is 9.59 Å². The molecule has 0 bridgehead atoms. The lowest BCUT2D eigenvalue weighted by Crippen LogP contribution is -2.51. The van der Waals surface area contributed by atoms with Gasteiger partial charge in [-0.15, -0.1) is 0 Å². The summed E-state index contributed by atoms with van der Waals surface area (Å²) in [5.74, 6) is 1.10. The van der Waals surface area contributed by atoms with Crippen LogP contribution < -0.4 is 15.8 Å². The molecular weight excluding hydrogens is 468 g/mol. The zero-order valence-corrected chi connectivity index (χ0v) is 21.5. The third kappa shape index (κ3) is 7.97. The maximum absolute atomic E-state index is 13.1. The number of carbonyl (C=O) groups excluding carboxylic acids is 3. The van der Waals surface area contributed by atoms with Crippen LogP contribution in [-0.4, -0.2) is 60.4 Å². The van der Waals surface area contributed by atoms with Crippen LogP contribution >= 0.6 is 0 Å². The number of hydrogen-bond acceptors (Lipinski definition) is 4. The second-order valence-corrected chi connectivity index (χ2v) is 10.0. The minimum absolute atomic E-state index is 0.0417. The minimum atomic E-state index is -0.351. The van der Waals surface area contributed by atoms with Crippen LogP contribution in [0.3, 0.4) is 0 Å². The first-order valence-electron chi connectivity index (χ1n) is 13.4. The highest BCUT2D eigenvalue weighted by Crippen LogP contribution is 2.26. The van der Waals surface area contributed by atoms with Crippen molar-refractivity contribution < 1.29 is 19.1 Å². The molecule has 1 aliphatic carbocycles. The summed E-state index contributed by atoms with van der Waals surface area (Å²) in [6, 6.07) is 14.6. The Hall–Kier alpha value is -3.55. The second kappa shape index (κ2) is 13.1. The van der Waals surface area contributed by atoms with Crippen molar-refractivity contribution in [3.8, 4) is 5.75 Å². The number of ether oxygens (including phenoxy) is 1. The number of nitrogens with zero attached hydrogens (tertiary/aromatic N) is 2. The SMILES string of the molecule is NC(=O)CCc1cccc(NC(=O)N2CCN(C(=O)c3cccc(OCCC4CCCCC4)c3)CC2)c1. The minimum Gasteiger partial charge on any atom is -0.494 e. The zero-order chi connectivity index (χ0) is 26.0. The molecule has 0 spiro atoms. The van der Waals surface area contributed by atoms with Gasteiger partial charge in [0.25, 0.3) is 5.91 Å². The van der Waals surface area contributed by atoms with Gasteiger partial charge in [0.15, 0.2) is 0 Å². The van der Waals surface area contributed by atoms with Crippen LogP contribution in [0.2, 0.25) is 0 Å². The van der Waals surface area contributed by atoms with Crippen molar-refractivity contribution in [2.75, 3.05) is 38.1 Å². The van der Waals surface area contributed by atoms with Crippen LogP contribution in [0.4, 0.5) is 10.5 Å². The molecule has 8 heteroatoms. The van der Waals surface area contributed by atoms with Crippen molar-refractivity contribution in [2.45, 2.75) is 51.4 Å². The lowest BCUT2D eigenvalue weighted by atomic mass is 9.87. The number of anilines is 1. The van der Waals surface area contributed by atoms with E-state index in [0.717, 1.165) is 23.7 Å². The molecule has 1 aliphatic heterocycles. The lowest BCUT2D eigenvalue weighted by molar-refractivity contribution is -0.118. The highest BCUT2D eigenvalue weighted by atomic mass is 16.5. The first kappa shape index (κ1) is 26.5. The molecule has 37 heavy (non-hydrogen) atoms. The van der Waals surface area contributed by atoms with Crippen molar-refractivity contribution in [1.29, 1.82) is 0 Å². The molecule has 1 saturated carbocycles. The summed E-state index contributed by atoms with van der Waals surface area (Å²) in [6.45, 7) is 2.53. The number of hydrogen-bond donors (Lipinski definition) is 2. The van der Waals surface area contributed by atoms with Crippen molar-refractivity contribution in [3.63, 3.8) is 0 Å². The van der Waals surface area contributed by atoms with E-state index in [1.54, 1.807) is 9.80 Å². The van der Waals surface area contributed by atoms with Crippen LogP contribution in [0.5, 0.6) is 5.75 Å². The average molecular weight is 507 g/mol. The molecule has 2 aliphatic rings. The number of aryl methyl sites for hydroxylation is 1. The Labute approximate surface area is 219 Å². The molecule has 0 unspecified atom stereocenters. The van der Waals surface area contributed by atoms with E-state index in [0.29, 0.717) is 50.5 Å². The smallest absolute Gasteiger partial charge is 0.321 e. The second-order valence-electron chi connectivity index (χ2n) is 10.0. The Morgan fingerprint density at radius 1 is 0.919 bits per heavy atom. The molecule has 8 nitrogen and oxygen atoms in total. The van der Waals surface area contributed by atoms with Gasteiger partial charge in [-0.1, -0.05) is 50.3 Å². The average Bonchev–Trinajstić information content (AvgIpc) is 2.92. The number of benzene rings is 2. The molecule has 2 aromatic carbocycles. The first-order chi connectivity index (χ1) is 18.0. The molecule has 4 amide bonds. The number of rotatable bonds is 9. The van der Waals surface area contributed by atoms with Gasteiger partial charge >= 0.3 is 6.03 Å². The Kier molecular flexibility index (Phi) is 9.40. The number of amides is 4. The summed E-state index contributed by atoms with van der Waals surface area (Å²) in [7, 11) is 0. The summed E-state index contributed by atoms with van der Waals surface area (Å²) in [4.78, 5) is 40.4. The summed E-state index contributed by atoms with van der Waals surface area (Å²) in [6.07, 6.45) is 8.48. The number of carbonyl (C=O) groups is 3. The van der Waals surface area contributed by atoms with E-state index in [1.165, 1.54) is 32.1 Å². The van der Waals surface area contributed by atoms with Crippen LogP contribution in [0.15, 0.2) is 48.5 Å². The first-order valence-corrected chi connectivity index (χ1v) is 13.4. The molecule has 1 heterocycles. The van der Waals surface area contributed by atoms with Crippen LogP contribution in [0, 0.1) is 5.92 Å². The summed E-state index contributed by atoms with van der Waals surface area (Å²) in [5, 5.41) is 2.92. The van der Waals surface area contributed by atoms with Crippen LogP contribution in [0.25, 0.3) is 0 Å². The Morgan fingerprint density at radius 2 is 1.65 bits per heavy atom. The Morgan fingerprint density at radius 3 is 2.41 bits per heavy atom. The molecule has 3 N–H and O–H groups in total. The summed E-state index contributed by atoms with van der Waals surface area (Å²) < 4.78 is 5.97. The number of primary amides is 1. The van der Waals surface area contributed by atoms with E-state index in [1.807, 2.05) is 48.5 Å². The molecule has 1 saturated heterocycles. The standard InChI is InChI=1S/C29H38N4O4/c30-27(34)13-12-23-8-4-10-25(20-23)31-29(36)33-17-15-32(16-18-33)28(35)24-9-5-11-26(21-24)37-19-14-22-6-2-1-3-7-22/h4-5,8-11,20-22H,1-3,6-7,12-19H2,(H2,30,34)(H,31,36). The van der Waals surface area contributed by atoms with E-state index in [9.17, 15) is 14.4 Å². The molecule has 0 atom stereocenters. The number of nitrogens with two attached hydrogens (primary N) is 1. The third-order valence-corrected chi connectivity index (χ3v) is 7.29. The molecule has 4 rings (SSSR count). The summed E-state index contributed by atoms with van der Waals surface area (Å²) >= 11 is 0. The predicted octanol–water partition coefficient (Wildman–Crippen LogP) is 4.44. The monoisotopic (exact) mass is 506 g/mol. The number of nitrogens with one attached hydrogen (secondary N) is 1. The highest BCUT2D eigenvalue weighted by molar-refractivity contribution is 5.95. The molecule has 2 aromatic rings. The fourth-order valence-corrected chi connectivity index (χ4v) is 5.11. The molecule has 198 valence electrons. The molecule has 0 radical (unpaired) electrons. The van der Waals surface area contributed by atoms with Gasteiger partial charge in [-0.2, -0.15) is 0 Å². The highest BCUT2D eigenvalue weighted by Gasteiger charge is 2.25. The van der Waals surface area contributed by atoms with Gasteiger partial charge in [0, 0.05) is 43.9 Å². The van der Waals surface area contributed by atoms with Gasteiger partial charge in [-0.25, -0.2) is 4.79 Å². The maximum Gasteiger partial charge on any atom is 0.321 e. The van der Waals surface area contributed by atoms with E-state index in [4.69, 9.17) is 10.5 Å². The number of urea groups is 1. The van der Waals surface area contributed by atoms with Gasteiger partial charge in [0.05, 0.1) is 6.61 Å². The van der Waals surface area contributed by atoms with E-state index < -0.39 is 0 Å². The van der Waals surface area contributed by atoms with Crippen LogP contribution in [-0.2, 0) is 11.2 Å². The quantitative estimate of drug-likeness (QED) is 0.524. The van der Waals surface area contributed by atoms with Crippen molar-refractivity contribution >= 4 is 23.5 Å². The lowest BCUT2D eigenvalue weighted by Gasteiger charge is -2.34. The summed E-state index contributed by atoms with van der Waals surface area (Å²) in [5.41, 5.74) is 7.45. The predicted molar refractivity (Wildman–Crippen MR) is 144 cm³/mol. The van der Waals surface area contributed by atoms with Gasteiger partial charge in [0.2, 0.25) is 5.91 Å². The van der Waals surface area contributed by atoms with E-state index in [2.05, 4.69) is 5.32 Å². The zero-order valence-electron chi connectivity index (χ0n) is 21.5. The Bertz CT molecular complexity index is 1080. The normalized spacial score (nSPS) is 16.3. The van der Waals surface area contributed by atoms with Crippen molar-refractivity contribution in [3.05, 3.63) is 59.7 Å². The fourth-order valence-electron chi connectivity index (χ4n) is 5.11. The van der Waals surface area contributed by atoms with E-state index >= 15 is 0 Å². The van der Waals surface area contributed by atoms with Crippen molar-refractivity contribution in [1.82, 2.24) is 9.80 Å². The topological polar surface area (TPSA) is 105 Å². The largest absolute Gasteiger partial charge is 0.494 e. The Balaban J connectivity index is 1.23. The van der Waals surface area contributed by atoms with Crippen LogP contribution in [0.1, 0.15) is 60.9 Å². The van der Waals surface area contributed by atoms with Gasteiger partial charge in [0.1, 0.15) is 5.75 Å². The van der Waals surface area contributed by atoms with Gasteiger partial charge < -0.3 is 25.6 Å². The molecule has 2 fully saturated rings. The number of piperazine rings is 1. The molecular formula is C29H38N4O4. The molecule has 0 aromatic heterocycles. The van der Waals surface area contributed by atoms with E-state index in [-0.39, 0.29) is 24.3 Å². The maximum atomic E-state index is 13.1. The van der Waals surface area contributed by atoms with Crippen molar-refractivity contribution in [2.24, 2.45) is 11.7 Å². The van der Waals surface area contributed by atoms with Gasteiger partial charge in [-0.05, 0) is 54.7 Å². The third-order valence-electron chi connectivity index (χ3n) is 7.29. The fraction of sp³-hybridized carbons (Fsp3) is 0.483.